The van der Waals surface area contributed by atoms with Crippen LogP contribution in [0.4, 0.5) is 4.39 Å². The Morgan fingerprint density at radius 3 is 2.64 bits per heavy atom. The number of alkyl halides is 1. The van der Waals surface area contributed by atoms with Crippen molar-refractivity contribution in [3.05, 3.63) is 77.4 Å². The number of aromatic amines is 1. The highest BCUT2D eigenvalue weighted by Gasteiger charge is 2.40. The molecule has 2 fully saturated rings. The van der Waals surface area contributed by atoms with E-state index in [-0.39, 0.29) is 25.3 Å². The van der Waals surface area contributed by atoms with Crippen molar-refractivity contribution >= 4 is 11.8 Å². The quantitative estimate of drug-likeness (QED) is 0.578. The molecular weight excluding hydrogens is 423 g/mol. The van der Waals surface area contributed by atoms with Crippen LogP contribution in [0.25, 0.3) is 0 Å². The molecule has 170 valence electrons. The Bertz CT molecular complexity index is 1100. The number of aromatic nitrogens is 4. The number of amides is 2. The molecule has 2 amide bonds. The Morgan fingerprint density at radius 1 is 1.15 bits per heavy atom. The number of benzene rings is 1. The van der Waals surface area contributed by atoms with E-state index >= 15 is 0 Å². The normalized spacial score (nSPS) is 21.1. The number of likely N-dealkylation sites (tertiary alicyclic amines) is 1. The third-order valence-electron chi connectivity index (χ3n) is 6.24. The van der Waals surface area contributed by atoms with Crippen LogP contribution in [0.15, 0.2) is 54.9 Å². The van der Waals surface area contributed by atoms with Gasteiger partial charge in [0.2, 0.25) is 11.8 Å². The zero-order valence-electron chi connectivity index (χ0n) is 18.0. The Hall–Kier alpha value is -3.62. The van der Waals surface area contributed by atoms with Crippen molar-refractivity contribution in [2.24, 2.45) is 0 Å². The summed E-state index contributed by atoms with van der Waals surface area (Å²) < 4.78 is 14.3. The summed E-state index contributed by atoms with van der Waals surface area (Å²) in [6, 6.07) is 12.1. The Balaban J connectivity index is 1.36. The fraction of sp³-hybridized carbons (Fsp3) is 0.375. The monoisotopic (exact) mass is 448 g/mol. The van der Waals surface area contributed by atoms with E-state index in [1.165, 1.54) is 29.5 Å². The van der Waals surface area contributed by atoms with Crippen LogP contribution in [0.3, 0.4) is 0 Å². The first kappa shape index (κ1) is 21.2. The molecule has 0 radical (unpaired) electrons. The second kappa shape index (κ2) is 9.09. The number of hydrogen-bond acceptors (Lipinski definition) is 5. The van der Waals surface area contributed by atoms with Gasteiger partial charge in [-0.3, -0.25) is 14.6 Å². The minimum atomic E-state index is -1.26. The lowest BCUT2D eigenvalue weighted by atomic mass is 10.0. The number of nitrogens with zero attached hydrogens (tertiary/aromatic N) is 4. The van der Waals surface area contributed by atoms with Crippen molar-refractivity contribution < 1.29 is 14.0 Å². The first-order chi connectivity index (χ1) is 16.1. The lowest BCUT2D eigenvalue weighted by Crippen LogP contribution is -2.47. The molecule has 33 heavy (non-hydrogen) atoms. The number of H-pyrrole nitrogens is 1. The van der Waals surface area contributed by atoms with Crippen molar-refractivity contribution in [3.8, 4) is 0 Å². The minimum absolute atomic E-state index is 0.0358. The SMILES string of the molecule is O=C(N[C@@H](c1ccccc1)c1ccc(C2CC2)cn1)[C@@H]1C[C@@H](F)CN1C(=O)Cc1cn[nH]n1. The van der Waals surface area contributed by atoms with Gasteiger partial charge in [0.25, 0.3) is 0 Å². The Labute approximate surface area is 190 Å². The van der Waals surface area contributed by atoms with Gasteiger partial charge in [0, 0.05) is 12.6 Å². The maximum atomic E-state index is 14.3. The van der Waals surface area contributed by atoms with Crippen LogP contribution in [-0.4, -0.2) is 55.9 Å². The summed E-state index contributed by atoms with van der Waals surface area (Å²) in [4.78, 5) is 32.0. The molecule has 2 aliphatic rings. The maximum Gasteiger partial charge on any atom is 0.243 e. The largest absolute Gasteiger partial charge is 0.342 e. The number of halogens is 1. The highest BCUT2D eigenvalue weighted by atomic mass is 19.1. The van der Waals surface area contributed by atoms with Crippen molar-refractivity contribution in [1.82, 2.24) is 30.6 Å². The molecule has 3 atom stereocenters. The predicted molar refractivity (Wildman–Crippen MR) is 118 cm³/mol. The van der Waals surface area contributed by atoms with Gasteiger partial charge in [-0.1, -0.05) is 36.4 Å². The van der Waals surface area contributed by atoms with Crippen LogP contribution in [0.2, 0.25) is 0 Å². The van der Waals surface area contributed by atoms with Crippen LogP contribution in [-0.2, 0) is 16.0 Å². The first-order valence-electron chi connectivity index (χ1n) is 11.2. The summed E-state index contributed by atoms with van der Waals surface area (Å²) in [7, 11) is 0. The number of rotatable bonds is 7. The molecule has 1 saturated heterocycles. The summed E-state index contributed by atoms with van der Waals surface area (Å²) in [5, 5.41) is 13.1. The molecular formula is C24H25FN6O2. The lowest BCUT2D eigenvalue weighted by molar-refractivity contribution is -0.138. The van der Waals surface area contributed by atoms with E-state index in [1.54, 1.807) is 0 Å². The minimum Gasteiger partial charge on any atom is -0.342 e. The molecule has 9 heteroatoms. The smallest absolute Gasteiger partial charge is 0.243 e. The summed E-state index contributed by atoms with van der Waals surface area (Å²) in [5.41, 5.74) is 3.23. The van der Waals surface area contributed by atoms with Gasteiger partial charge >= 0.3 is 0 Å². The third-order valence-corrected chi connectivity index (χ3v) is 6.24. The Kier molecular flexibility index (Phi) is 5.85. The van der Waals surface area contributed by atoms with Crippen molar-refractivity contribution in [1.29, 1.82) is 0 Å². The molecule has 1 aliphatic heterocycles. The average Bonchev–Trinajstić information content (AvgIpc) is 3.42. The van der Waals surface area contributed by atoms with Gasteiger partial charge in [0.05, 0.1) is 36.6 Å². The standard InChI is InChI=1S/C24H25FN6O2/c25-18-10-21(31(14-18)22(32)11-19-13-27-30-29-19)24(33)28-23(16-4-2-1-3-5-16)20-9-8-17(12-26-20)15-6-7-15/h1-5,8-9,12-13,15,18,21,23H,6-7,10-11,14H2,(H,28,33)(H,27,29,30)/t18-,21+,23+/m1/s1. The number of nitrogens with one attached hydrogen (secondary N) is 2. The highest BCUT2D eigenvalue weighted by Crippen LogP contribution is 2.39. The highest BCUT2D eigenvalue weighted by molar-refractivity contribution is 5.89. The lowest BCUT2D eigenvalue weighted by Gasteiger charge is -2.26. The Morgan fingerprint density at radius 2 is 1.97 bits per heavy atom. The van der Waals surface area contributed by atoms with E-state index in [2.05, 4.69) is 31.8 Å². The van der Waals surface area contributed by atoms with Gasteiger partial charge in [-0.15, -0.1) is 0 Å². The van der Waals surface area contributed by atoms with Gasteiger partial charge in [-0.05, 0) is 36.0 Å². The second-order valence-electron chi connectivity index (χ2n) is 8.68. The number of pyridine rings is 1. The van der Waals surface area contributed by atoms with Crippen LogP contribution >= 0.6 is 0 Å². The molecule has 0 spiro atoms. The molecule has 8 nitrogen and oxygen atoms in total. The predicted octanol–water partition coefficient (Wildman–Crippen LogP) is 2.46. The van der Waals surface area contributed by atoms with E-state index in [9.17, 15) is 14.0 Å². The summed E-state index contributed by atoms with van der Waals surface area (Å²) in [6.07, 6.45) is 4.35. The van der Waals surface area contributed by atoms with E-state index in [0.717, 1.165) is 5.56 Å². The summed E-state index contributed by atoms with van der Waals surface area (Å²) >= 11 is 0. The fourth-order valence-electron chi connectivity index (χ4n) is 4.33. The third kappa shape index (κ3) is 4.76. The molecule has 3 aromatic rings. The zero-order chi connectivity index (χ0) is 22.8. The van der Waals surface area contributed by atoms with Crippen molar-refractivity contribution in [3.63, 3.8) is 0 Å². The van der Waals surface area contributed by atoms with Crippen LogP contribution in [0.5, 0.6) is 0 Å². The molecule has 2 aromatic heterocycles. The zero-order valence-corrected chi connectivity index (χ0v) is 18.0. The summed E-state index contributed by atoms with van der Waals surface area (Å²) in [5.74, 6) is -0.168. The van der Waals surface area contributed by atoms with Crippen LogP contribution in [0.1, 0.15) is 53.7 Å². The molecule has 2 N–H and O–H groups in total. The van der Waals surface area contributed by atoms with Gasteiger partial charge in [0.1, 0.15) is 12.2 Å². The topological polar surface area (TPSA) is 104 Å². The number of carbonyl (C=O) groups is 2. The number of carbonyl (C=O) groups excluding carboxylic acids is 2. The van der Waals surface area contributed by atoms with Crippen LogP contribution < -0.4 is 5.32 Å². The van der Waals surface area contributed by atoms with Crippen molar-refractivity contribution in [2.45, 2.75) is 49.9 Å². The molecule has 1 aromatic carbocycles. The van der Waals surface area contributed by atoms with E-state index < -0.39 is 24.2 Å². The van der Waals surface area contributed by atoms with Gasteiger partial charge in [-0.25, -0.2) is 4.39 Å². The molecule has 0 bridgehead atoms. The molecule has 1 aliphatic carbocycles. The molecule has 5 rings (SSSR count). The maximum absolute atomic E-state index is 14.3. The molecule has 1 saturated carbocycles. The van der Waals surface area contributed by atoms with Gasteiger partial charge in [0.15, 0.2) is 0 Å². The van der Waals surface area contributed by atoms with E-state index in [4.69, 9.17) is 0 Å². The van der Waals surface area contributed by atoms with E-state index in [1.807, 2.05) is 42.6 Å². The first-order valence-corrected chi connectivity index (χ1v) is 11.2. The summed E-state index contributed by atoms with van der Waals surface area (Å²) in [6.45, 7) is -0.112. The molecule has 3 heterocycles. The number of hydrogen-bond donors (Lipinski definition) is 2. The average molecular weight is 449 g/mol. The van der Waals surface area contributed by atoms with E-state index in [0.29, 0.717) is 17.3 Å². The fourth-order valence-corrected chi connectivity index (χ4v) is 4.33. The van der Waals surface area contributed by atoms with Crippen LogP contribution in [0, 0.1) is 0 Å². The molecule has 0 unspecified atom stereocenters. The second-order valence-corrected chi connectivity index (χ2v) is 8.68. The van der Waals surface area contributed by atoms with Crippen molar-refractivity contribution in [2.75, 3.05) is 6.54 Å². The van der Waals surface area contributed by atoms with Gasteiger partial charge < -0.3 is 10.2 Å². The van der Waals surface area contributed by atoms with Gasteiger partial charge in [-0.2, -0.15) is 15.4 Å².